The molecule has 1 aromatic carbocycles. The summed E-state index contributed by atoms with van der Waals surface area (Å²) in [5, 5.41) is 14.4. The van der Waals surface area contributed by atoms with Crippen molar-refractivity contribution in [3.05, 3.63) is 23.9 Å². The van der Waals surface area contributed by atoms with Crippen molar-refractivity contribution in [2.24, 2.45) is 0 Å². The van der Waals surface area contributed by atoms with Crippen molar-refractivity contribution < 1.29 is 9.90 Å². The average Bonchev–Trinajstić information content (AvgIpc) is 2.98. The van der Waals surface area contributed by atoms with E-state index in [1.165, 1.54) is 0 Å². The van der Waals surface area contributed by atoms with Gasteiger partial charge in [-0.25, -0.2) is 4.79 Å². The zero-order chi connectivity index (χ0) is 11.3. The van der Waals surface area contributed by atoms with Gasteiger partial charge in [-0.1, -0.05) is 11.5 Å². The van der Waals surface area contributed by atoms with Gasteiger partial charge in [0, 0.05) is 11.6 Å². The summed E-state index contributed by atoms with van der Waals surface area (Å²) in [6.07, 6.45) is 4.26. The topological polar surface area (TPSA) is 55.1 Å². The van der Waals surface area contributed by atoms with Crippen LogP contribution >= 0.6 is 0 Å². The van der Waals surface area contributed by atoms with Crippen molar-refractivity contribution >= 4 is 30.2 Å². The maximum Gasteiger partial charge on any atom is 0.337 e. The Morgan fingerprint density at radius 1 is 1.50 bits per heavy atom. The quantitative estimate of drug-likeness (QED) is 0.732. The first kappa shape index (κ1) is 9.45. The zero-order valence-corrected chi connectivity index (χ0v) is 8.97. The molecule has 0 radical (unpaired) electrons. The second-order valence-corrected chi connectivity index (χ2v) is 4.34. The second-order valence-electron chi connectivity index (χ2n) is 4.34. The van der Waals surface area contributed by atoms with Crippen LogP contribution in [0, 0.1) is 0 Å². The third-order valence-corrected chi connectivity index (χ3v) is 3.06. The molecule has 1 N–H and O–H groups in total. The first-order valence-corrected chi connectivity index (χ1v) is 5.38. The number of hydrogen-bond acceptors (Lipinski definition) is 2. The fourth-order valence-electron chi connectivity index (χ4n) is 1.95. The molecule has 4 nitrogen and oxygen atoms in total. The van der Waals surface area contributed by atoms with Gasteiger partial charge in [0.25, 0.3) is 0 Å². The van der Waals surface area contributed by atoms with Crippen molar-refractivity contribution in [1.82, 2.24) is 9.78 Å². The molecule has 0 aliphatic heterocycles. The highest BCUT2D eigenvalue weighted by Gasteiger charge is 2.25. The molecule has 0 bridgehead atoms. The first-order chi connectivity index (χ1) is 7.66. The molecular formula is C11H11BN2O2. The number of carboxylic acid groups (broad SMARTS) is 1. The lowest BCUT2D eigenvalue weighted by Gasteiger charge is -1.98. The molecular weight excluding hydrogens is 203 g/mol. The van der Waals surface area contributed by atoms with Crippen LogP contribution in [-0.2, 0) is 0 Å². The minimum absolute atomic E-state index is 0.292. The van der Waals surface area contributed by atoms with E-state index in [2.05, 4.69) is 5.10 Å². The van der Waals surface area contributed by atoms with Crippen molar-refractivity contribution in [3.8, 4) is 0 Å². The Kier molecular flexibility index (Phi) is 1.83. The number of hydrogen-bond donors (Lipinski definition) is 1. The normalized spacial score (nSPS) is 15.5. The fourth-order valence-corrected chi connectivity index (χ4v) is 1.95. The molecule has 0 spiro atoms. The van der Waals surface area contributed by atoms with Gasteiger partial charge in [0.05, 0.1) is 11.6 Å². The third kappa shape index (κ3) is 1.32. The molecule has 0 atom stereocenters. The SMILES string of the molecule is Bc1ccc(C(=O)O)c2nn(C3CC3)cc12. The summed E-state index contributed by atoms with van der Waals surface area (Å²) in [7, 11) is 1.98. The zero-order valence-electron chi connectivity index (χ0n) is 8.97. The second kappa shape index (κ2) is 3.11. The minimum Gasteiger partial charge on any atom is -0.478 e. The maximum absolute atomic E-state index is 11.1. The summed E-state index contributed by atoms with van der Waals surface area (Å²) < 4.78 is 1.91. The largest absolute Gasteiger partial charge is 0.478 e. The van der Waals surface area contributed by atoms with Crippen LogP contribution in [-0.4, -0.2) is 28.7 Å². The highest BCUT2D eigenvalue weighted by atomic mass is 16.4. The van der Waals surface area contributed by atoms with Crippen molar-refractivity contribution in [2.45, 2.75) is 18.9 Å². The molecule has 1 saturated carbocycles. The van der Waals surface area contributed by atoms with Crippen LogP contribution < -0.4 is 5.46 Å². The number of benzene rings is 1. The van der Waals surface area contributed by atoms with E-state index in [1.807, 2.05) is 24.8 Å². The Morgan fingerprint density at radius 3 is 2.88 bits per heavy atom. The summed E-state index contributed by atoms with van der Waals surface area (Å²) in [5.41, 5.74) is 1.98. The van der Waals surface area contributed by atoms with Gasteiger partial charge in [0.1, 0.15) is 13.4 Å². The van der Waals surface area contributed by atoms with Crippen molar-refractivity contribution in [1.29, 1.82) is 0 Å². The number of carboxylic acids is 1. The van der Waals surface area contributed by atoms with E-state index < -0.39 is 5.97 Å². The highest BCUT2D eigenvalue weighted by Crippen LogP contribution is 2.35. The predicted molar refractivity (Wildman–Crippen MR) is 63.1 cm³/mol. The Hall–Kier alpha value is -1.78. The lowest BCUT2D eigenvalue weighted by molar-refractivity contribution is 0.0699. The van der Waals surface area contributed by atoms with Gasteiger partial charge in [-0.3, -0.25) is 4.68 Å². The summed E-state index contributed by atoms with van der Waals surface area (Å²) in [6, 6.07) is 3.95. The van der Waals surface area contributed by atoms with Crippen LogP contribution in [0.15, 0.2) is 18.3 Å². The molecule has 3 rings (SSSR count). The van der Waals surface area contributed by atoms with Crippen LogP contribution in [0.5, 0.6) is 0 Å². The van der Waals surface area contributed by atoms with Crippen molar-refractivity contribution in [3.63, 3.8) is 0 Å². The van der Waals surface area contributed by atoms with Crippen molar-refractivity contribution in [2.75, 3.05) is 0 Å². The molecule has 1 fully saturated rings. The molecule has 0 amide bonds. The minimum atomic E-state index is -0.911. The van der Waals surface area contributed by atoms with Crippen LogP contribution in [0.2, 0.25) is 0 Å². The van der Waals surface area contributed by atoms with Gasteiger partial charge in [-0.15, -0.1) is 0 Å². The number of nitrogens with zero attached hydrogens (tertiary/aromatic N) is 2. The van der Waals surface area contributed by atoms with E-state index in [0.717, 1.165) is 23.7 Å². The first-order valence-electron chi connectivity index (χ1n) is 5.38. The van der Waals surface area contributed by atoms with Gasteiger partial charge >= 0.3 is 5.97 Å². The van der Waals surface area contributed by atoms with E-state index in [-0.39, 0.29) is 0 Å². The van der Waals surface area contributed by atoms with Crippen LogP contribution in [0.3, 0.4) is 0 Å². The number of aromatic carboxylic acids is 1. The van der Waals surface area contributed by atoms with E-state index in [1.54, 1.807) is 6.07 Å². The van der Waals surface area contributed by atoms with Crippen LogP contribution in [0.25, 0.3) is 10.9 Å². The van der Waals surface area contributed by atoms with E-state index in [0.29, 0.717) is 17.1 Å². The Labute approximate surface area is 93.3 Å². The van der Waals surface area contributed by atoms with Crippen LogP contribution in [0.4, 0.5) is 0 Å². The number of aromatic nitrogens is 2. The molecule has 1 aromatic heterocycles. The Bertz CT molecular complexity index is 587. The van der Waals surface area contributed by atoms with Gasteiger partial charge in [-0.2, -0.15) is 5.10 Å². The molecule has 1 heterocycles. The smallest absolute Gasteiger partial charge is 0.337 e. The molecule has 5 heteroatoms. The molecule has 0 saturated heterocycles. The van der Waals surface area contributed by atoms with Crippen LogP contribution in [0.1, 0.15) is 29.2 Å². The molecule has 0 unspecified atom stereocenters. The molecule has 1 aliphatic rings. The van der Waals surface area contributed by atoms with E-state index >= 15 is 0 Å². The third-order valence-electron chi connectivity index (χ3n) is 3.06. The van der Waals surface area contributed by atoms with Gasteiger partial charge in [-0.05, 0) is 18.9 Å². The van der Waals surface area contributed by atoms with E-state index in [4.69, 9.17) is 5.11 Å². The lowest BCUT2D eigenvalue weighted by atomic mass is 9.91. The lowest BCUT2D eigenvalue weighted by Crippen LogP contribution is -2.06. The van der Waals surface area contributed by atoms with Gasteiger partial charge in [0.15, 0.2) is 0 Å². The molecule has 16 heavy (non-hydrogen) atoms. The fraction of sp³-hybridized carbons (Fsp3) is 0.273. The predicted octanol–water partition coefficient (Wildman–Crippen LogP) is 0.328. The summed E-state index contributed by atoms with van der Waals surface area (Å²) in [4.78, 5) is 11.1. The molecule has 2 aromatic rings. The standard InChI is InChI=1S/C11H11BN2O2/c12-9-4-3-7(11(15)16)10-8(9)5-14(13-10)6-1-2-6/h3-6H,1-2,12H2,(H,15,16). The number of fused-ring (bicyclic) bond motifs is 1. The number of carbonyl (C=O) groups is 1. The van der Waals surface area contributed by atoms with E-state index in [9.17, 15) is 4.79 Å². The molecule has 1 aliphatic carbocycles. The summed E-state index contributed by atoms with van der Waals surface area (Å²) in [5.74, 6) is -0.911. The van der Waals surface area contributed by atoms with Gasteiger partial charge in [0.2, 0.25) is 0 Å². The average molecular weight is 214 g/mol. The monoisotopic (exact) mass is 214 g/mol. The summed E-state index contributed by atoms with van der Waals surface area (Å²) >= 11 is 0. The summed E-state index contributed by atoms with van der Waals surface area (Å²) in [6.45, 7) is 0. The highest BCUT2D eigenvalue weighted by molar-refractivity contribution is 6.39. The Morgan fingerprint density at radius 2 is 2.25 bits per heavy atom. The molecule has 80 valence electrons. The Balaban J connectivity index is 2.29. The number of rotatable bonds is 2. The van der Waals surface area contributed by atoms with Gasteiger partial charge < -0.3 is 5.11 Å². The maximum atomic E-state index is 11.1.